The summed E-state index contributed by atoms with van der Waals surface area (Å²) >= 11 is 0. The van der Waals surface area contributed by atoms with Crippen LogP contribution >= 0.6 is 0 Å². The van der Waals surface area contributed by atoms with Crippen molar-refractivity contribution in [2.75, 3.05) is 0 Å². The lowest BCUT2D eigenvalue weighted by atomic mass is 9.73. The number of ketones is 1. The van der Waals surface area contributed by atoms with Gasteiger partial charge in [-0.1, -0.05) is 6.92 Å². The van der Waals surface area contributed by atoms with Crippen LogP contribution in [-0.2, 0) is 4.79 Å². The number of hydrogen-bond donors (Lipinski definition) is 0. The molecule has 0 unspecified atom stereocenters. The third kappa shape index (κ3) is 0.577. The second-order valence-electron chi connectivity index (χ2n) is 3.50. The summed E-state index contributed by atoms with van der Waals surface area (Å²) in [7, 11) is 0. The zero-order chi connectivity index (χ0) is 6.43. The van der Waals surface area contributed by atoms with Gasteiger partial charge in [0.15, 0.2) is 0 Å². The van der Waals surface area contributed by atoms with Gasteiger partial charge in [-0.25, -0.2) is 0 Å². The third-order valence-corrected chi connectivity index (χ3v) is 3.00. The first-order valence-electron chi connectivity index (χ1n) is 3.82. The van der Waals surface area contributed by atoms with E-state index in [1.807, 2.05) is 0 Å². The molecule has 0 aromatic heterocycles. The third-order valence-electron chi connectivity index (χ3n) is 3.00. The first-order valence-corrected chi connectivity index (χ1v) is 3.82. The predicted molar refractivity (Wildman–Crippen MR) is 35.0 cm³/mol. The van der Waals surface area contributed by atoms with Crippen LogP contribution in [0.15, 0.2) is 0 Å². The van der Waals surface area contributed by atoms with E-state index in [1.54, 1.807) is 0 Å². The van der Waals surface area contributed by atoms with Crippen molar-refractivity contribution in [2.45, 2.75) is 26.2 Å². The minimum Gasteiger partial charge on any atom is -0.299 e. The van der Waals surface area contributed by atoms with Crippen LogP contribution in [0.3, 0.4) is 0 Å². The number of carbonyl (C=O) groups is 1. The highest BCUT2D eigenvalue weighted by Gasteiger charge is 2.45. The fraction of sp³-hybridized carbons (Fsp3) is 0.875. The molecule has 0 aliphatic heterocycles. The number of hydrogen-bond acceptors (Lipinski definition) is 1. The van der Waals surface area contributed by atoms with Gasteiger partial charge < -0.3 is 0 Å². The molecule has 2 rings (SSSR count). The van der Waals surface area contributed by atoms with E-state index < -0.39 is 0 Å². The van der Waals surface area contributed by atoms with Gasteiger partial charge in [-0.15, -0.1) is 0 Å². The molecule has 0 aromatic carbocycles. The molecule has 2 aliphatic carbocycles. The molecule has 1 heteroatoms. The Hall–Kier alpha value is -0.330. The molecule has 0 heterocycles. The average molecular weight is 124 g/mol. The van der Waals surface area contributed by atoms with Crippen LogP contribution in [-0.4, -0.2) is 5.78 Å². The van der Waals surface area contributed by atoms with Crippen LogP contribution < -0.4 is 0 Å². The van der Waals surface area contributed by atoms with E-state index in [0.29, 0.717) is 17.6 Å². The number of fused-ring (bicyclic) bond motifs is 1. The summed E-state index contributed by atoms with van der Waals surface area (Å²) in [5, 5.41) is 0. The second kappa shape index (κ2) is 1.59. The zero-order valence-corrected chi connectivity index (χ0v) is 5.76. The summed E-state index contributed by atoms with van der Waals surface area (Å²) in [5.41, 5.74) is 0. The van der Waals surface area contributed by atoms with Crippen molar-refractivity contribution < 1.29 is 4.79 Å². The smallest absolute Gasteiger partial charge is 0.136 e. The highest BCUT2D eigenvalue weighted by Crippen LogP contribution is 2.47. The topological polar surface area (TPSA) is 17.1 Å². The molecule has 0 bridgehead atoms. The van der Waals surface area contributed by atoms with Crippen molar-refractivity contribution in [2.24, 2.45) is 17.8 Å². The summed E-state index contributed by atoms with van der Waals surface area (Å²) in [5.74, 6) is 2.53. The van der Waals surface area contributed by atoms with E-state index in [0.717, 1.165) is 12.3 Å². The van der Waals surface area contributed by atoms with Gasteiger partial charge in [0.25, 0.3) is 0 Å². The molecule has 0 N–H and O–H groups in total. The Balaban J connectivity index is 2.17. The van der Waals surface area contributed by atoms with Crippen molar-refractivity contribution in [1.29, 1.82) is 0 Å². The van der Waals surface area contributed by atoms with Crippen LogP contribution in [0.25, 0.3) is 0 Å². The minimum atomic E-state index is 0.500. The first kappa shape index (κ1) is 5.45. The Kier molecular flexibility index (Phi) is 0.961. The lowest BCUT2D eigenvalue weighted by Gasteiger charge is -2.31. The lowest BCUT2D eigenvalue weighted by Crippen LogP contribution is -2.26. The Morgan fingerprint density at radius 1 is 1.44 bits per heavy atom. The molecular weight excluding hydrogens is 112 g/mol. The summed E-state index contributed by atoms with van der Waals surface area (Å²) in [4.78, 5) is 11.0. The standard InChI is InChI=1S/C8H12O/c1-5-4-8(9)7-3-2-6(5)7/h5-7H,2-4H2,1H3/t5-,6+,7+/m0/s1. The van der Waals surface area contributed by atoms with Gasteiger partial charge in [-0.3, -0.25) is 4.79 Å². The van der Waals surface area contributed by atoms with Crippen LogP contribution in [0.1, 0.15) is 26.2 Å². The molecule has 1 nitrogen and oxygen atoms in total. The zero-order valence-electron chi connectivity index (χ0n) is 5.76. The normalized spacial score (nSPS) is 48.6. The maximum Gasteiger partial charge on any atom is 0.136 e. The fourth-order valence-electron chi connectivity index (χ4n) is 2.23. The molecule has 0 saturated heterocycles. The van der Waals surface area contributed by atoms with Crippen LogP contribution in [0, 0.1) is 17.8 Å². The molecule has 0 amide bonds. The molecule has 3 atom stereocenters. The van der Waals surface area contributed by atoms with Gasteiger partial charge >= 0.3 is 0 Å². The minimum absolute atomic E-state index is 0.500. The van der Waals surface area contributed by atoms with E-state index in [1.165, 1.54) is 12.8 Å². The van der Waals surface area contributed by atoms with E-state index in [9.17, 15) is 4.79 Å². The lowest BCUT2D eigenvalue weighted by molar-refractivity contribution is -0.123. The molecule has 0 radical (unpaired) electrons. The van der Waals surface area contributed by atoms with Crippen molar-refractivity contribution in [3.8, 4) is 0 Å². The van der Waals surface area contributed by atoms with Gasteiger partial charge in [-0.2, -0.15) is 0 Å². The monoisotopic (exact) mass is 124 g/mol. The second-order valence-corrected chi connectivity index (χ2v) is 3.50. The van der Waals surface area contributed by atoms with Gasteiger partial charge in [0.05, 0.1) is 0 Å². The summed E-state index contributed by atoms with van der Waals surface area (Å²) in [6, 6.07) is 0. The fourth-order valence-corrected chi connectivity index (χ4v) is 2.23. The SMILES string of the molecule is C[C@H]1CC(=O)[C@@H]2CC[C@H]12. The van der Waals surface area contributed by atoms with Crippen LogP contribution in [0.2, 0.25) is 0 Å². The Morgan fingerprint density at radius 3 is 2.44 bits per heavy atom. The summed E-state index contributed by atoms with van der Waals surface area (Å²) in [6.45, 7) is 2.21. The van der Waals surface area contributed by atoms with Crippen LogP contribution in [0.5, 0.6) is 0 Å². The molecular formula is C8H12O. The van der Waals surface area contributed by atoms with Crippen molar-refractivity contribution in [1.82, 2.24) is 0 Å². The number of rotatable bonds is 0. The molecule has 2 fully saturated rings. The predicted octanol–water partition coefficient (Wildman–Crippen LogP) is 1.62. The molecule has 9 heavy (non-hydrogen) atoms. The highest BCUT2D eigenvalue weighted by atomic mass is 16.1. The Bertz CT molecular complexity index is 151. The Labute approximate surface area is 55.4 Å². The maximum absolute atomic E-state index is 11.0. The van der Waals surface area contributed by atoms with Gasteiger partial charge in [-0.05, 0) is 24.7 Å². The highest BCUT2D eigenvalue weighted by molar-refractivity contribution is 5.84. The van der Waals surface area contributed by atoms with E-state index in [4.69, 9.17) is 0 Å². The largest absolute Gasteiger partial charge is 0.299 e. The Morgan fingerprint density at radius 2 is 2.22 bits per heavy atom. The molecule has 0 spiro atoms. The van der Waals surface area contributed by atoms with Crippen LogP contribution in [0.4, 0.5) is 0 Å². The summed E-state index contributed by atoms with van der Waals surface area (Å²) in [6.07, 6.45) is 3.38. The molecule has 2 aliphatic rings. The van der Waals surface area contributed by atoms with Crippen molar-refractivity contribution in [3.05, 3.63) is 0 Å². The van der Waals surface area contributed by atoms with E-state index in [-0.39, 0.29) is 0 Å². The van der Waals surface area contributed by atoms with Crippen molar-refractivity contribution >= 4 is 5.78 Å². The number of Topliss-reactive ketones (excluding diaryl/α,β-unsaturated/α-hetero) is 1. The summed E-state index contributed by atoms with van der Waals surface area (Å²) < 4.78 is 0. The maximum atomic E-state index is 11.0. The van der Waals surface area contributed by atoms with E-state index >= 15 is 0 Å². The first-order chi connectivity index (χ1) is 4.29. The average Bonchev–Trinajstić information content (AvgIpc) is 1.73. The quantitative estimate of drug-likeness (QED) is 0.479. The van der Waals surface area contributed by atoms with Gasteiger partial charge in [0.1, 0.15) is 5.78 Å². The molecule has 2 saturated carbocycles. The molecule has 0 aromatic rings. The van der Waals surface area contributed by atoms with Gasteiger partial charge in [0.2, 0.25) is 0 Å². The number of carbonyl (C=O) groups excluding carboxylic acids is 1. The molecule has 50 valence electrons. The van der Waals surface area contributed by atoms with Crippen molar-refractivity contribution in [3.63, 3.8) is 0 Å². The van der Waals surface area contributed by atoms with Gasteiger partial charge in [0, 0.05) is 12.3 Å². The van der Waals surface area contributed by atoms with E-state index in [2.05, 4.69) is 6.92 Å².